The summed E-state index contributed by atoms with van der Waals surface area (Å²) in [5.41, 5.74) is 2.61. The normalized spacial score (nSPS) is 16.7. The molecule has 18 heavy (non-hydrogen) atoms. The highest BCUT2D eigenvalue weighted by molar-refractivity contribution is 5.73. The number of amides is 1. The lowest BCUT2D eigenvalue weighted by Gasteiger charge is -2.37. The van der Waals surface area contributed by atoms with Gasteiger partial charge in [-0.3, -0.25) is 4.79 Å². The Bertz CT molecular complexity index is 422. The number of aryl methyl sites for hydroxylation is 1. The molecule has 0 aliphatic carbocycles. The third-order valence-corrected chi connectivity index (χ3v) is 3.88. The van der Waals surface area contributed by atoms with Crippen molar-refractivity contribution in [3.8, 4) is 0 Å². The van der Waals surface area contributed by atoms with E-state index in [1.165, 1.54) is 11.3 Å². The zero-order chi connectivity index (χ0) is 13.1. The molecule has 0 saturated carbocycles. The lowest BCUT2D eigenvalue weighted by atomic mass is 10.0. The number of carbonyl (C=O) groups excluding carboxylic acids is 1. The van der Waals surface area contributed by atoms with Gasteiger partial charge in [-0.15, -0.1) is 0 Å². The molecule has 0 atom stereocenters. The fourth-order valence-electron chi connectivity index (χ4n) is 2.59. The lowest BCUT2D eigenvalue weighted by molar-refractivity contribution is -0.129. The van der Waals surface area contributed by atoms with Gasteiger partial charge in [0.25, 0.3) is 0 Å². The molecular weight excluding hydrogens is 224 g/mol. The fourth-order valence-corrected chi connectivity index (χ4v) is 2.59. The maximum Gasteiger partial charge on any atom is 0.219 e. The Morgan fingerprint density at radius 2 is 2.00 bits per heavy atom. The second-order valence-electron chi connectivity index (χ2n) is 5.19. The van der Waals surface area contributed by atoms with Crippen molar-refractivity contribution in [1.82, 2.24) is 4.90 Å². The van der Waals surface area contributed by atoms with Crippen LogP contribution >= 0.6 is 0 Å². The van der Waals surface area contributed by atoms with Crippen molar-refractivity contribution in [2.45, 2.75) is 32.7 Å². The summed E-state index contributed by atoms with van der Waals surface area (Å²) in [6, 6.07) is 9.04. The molecule has 98 valence electrons. The van der Waals surface area contributed by atoms with Gasteiger partial charge in [0.05, 0.1) is 0 Å². The SMILES string of the molecule is CC(=O)N(C)C1CCN(c2cccc(C)c2)CC1. The van der Waals surface area contributed by atoms with Crippen LogP contribution in [0.2, 0.25) is 0 Å². The van der Waals surface area contributed by atoms with E-state index in [1.54, 1.807) is 6.92 Å². The highest BCUT2D eigenvalue weighted by atomic mass is 16.2. The van der Waals surface area contributed by atoms with Gasteiger partial charge in [-0.05, 0) is 37.5 Å². The molecule has 0 spiro atoms. The van der Waals surface area contributed by atoms with E-state index in [4.69, 9.17) is 0 Å². The van der Waals surface area contributed by atoms with Crippen LogP contribution in [0.25, 0.3) is 0 Å². The van der Waals surface area contributed by atoms with Gasteiger partial charge in [0, 0.05) is 38.8 Å². The minimum Gasteiger partial charge on any atom is -0.371 e. The molecule has 0 unspecified atom stereocenters. The maximum atomic E-state index is 11.4. The molecule has 1 fully saturated rings. The summed E-state index contributed by atoms with van der Waals surface area (Å²) in [6.07, 6.45) is 2.12. The Labute approximate surface area is 109 Å². The molecule has 0 N–H and O–H groups in total. The molecule has 3 nitrogen and oxygen atoms in total. The van der Waals surface area contributed by atoms with Crippen LogP contribution in [0.5, 0.6) is 0 Å². The molecule has 3 heteroatoms. The summed E-state index contributed by atoms with van der Waals surface area (Å²) in [6.45, 7) is 5.84. The first-order chi connectivity index (χ1) is 8.58. The summed E-state index contributed by atoms with van der Waals surface area (Å²) in [4.78, 5) is 15.6. The molecule has 1 heterocycles. The second-order valence-corrected chi connectivity index (χ2v) is 5.19. The van der Waals surface area contributed by atoms with Crippen molar-refractivity contribution in [1.29, 1.82) is 0 Å². The molecular formula is C15H22N2O. The largest absolute Gasteiger partial charge is 0.371 e. The summed E-state index contributed by atoms with van der Waals surface area (Å²) < 4.78 is 0. The van der Waals surface area contributed by atoms with Gasteiger partial charge in [-0.1, -0.05) is 12.1 Å². The molecule has 1 amide bonds. The van der Waals surface area contributed by atoms with Crippen molar-refractivity contribution in [2.24, 2.45) is 0 Å². The zero-order valence-corrected chi connectivity index (χ0v) is 11.5. The van der Waals surface area contributed by atoms with Gasteiger partial charge in [0.15, 0.2) is 0 Å². The van der Waals surface area contributed by atoms with Crippen LogP contribution in [0.3, 0.4) is 0 Å². The number of hydrogen-bond acceptors (Lipinski definition) is 2. The first kappa shape index (κ1) is 12.9. The maximum absolute atomic E-state index is 11.4. The fraction of sp³-hybridized carbons (Fsp3) is 0.533. The standard InChI is InChI=1S/C15H22N2O/c1-12-5-4-6-15(11-12)17-9-7-14(8-10-17)16(3)13(2)18/h4-6,11,14H,7-10H2,1-3H3. The van der Waals surface area contributed by atoms with E-state index in [0.717, 1.165) is 25.9 Å². The number of rotatable bonds is 2. The Morgan fingerprint density at radius 3 is 2.56 bits per heavy atom. The van der Waals surface area contributed by atoms with Crippen LogP contribution in [0.1, 0.15) is 25.3 Å². The van der Waals surface area contributed by atoms with E-state index in [-0.39, 0.29) is 5.91 Å². The highest BCUT2D eigenvalue weighted by Crippen LogP contribution is 2.22. The van der Waals surface area contributed by atoms with Crippen LogP contribution in [0, 0.1) is 6.92 Å². The van der Waals surface area contributed by atoms with E-state index >= 15 is 0 Å². The predicted octanol–water partition coefficient (Wildman–Crippen LogP) is 2.44. The Hall–Kier alpha value is -1.51. The smallest absolute Gasteiger partial charge is 0.219 e. The number of carbonyl (C=O) groups is 1. The topological polar surface area (TPSA) is 23.6 Å². The van der Waals surface area contributed by atoms with Gasteiger partial charge >= 0.3 is 0 Å². The van der Waals surface area contributed by atoms with E-state index in [2.05, 4.69) is 36.1 Å². The number of hydrogen-bond donors (Lipinski definition) is 0. The van der Waals surface area contributed by atoms with Gasteiger partial charge < -0.3 is 9.80 Å². The lowest BCUT2D eigenvalue weighted by Crippen LogP contribution is -2.45. The van der Waals surface area contributed by atoms with E-state index in [9.17, 15) is 4.79 Å². The number of nitrogens with zero attached hydrogens (tertiary/aromatic N) is 2. The van der Waals surface area contributed by atoms with Gasteiger partial charge in [-0.25, -0.2) is 0 Å². The number of piperidine rings is 1. The molecule has 1 aliphatic rings. The van der Waals surface area contributed by atoms with Crippen molar-refractivity contribution < 1.29 is 4.79 Å². The molecule has 1 aliphatic heterocycles. The minimum atomic E-state index is 0.170. The van der Waals surface area contributed by atoms with Crippen LogP contribution < -0.4 is 4.90 Å². The third kappa shape index (κ3) is 2.84. The molecule has 1 saturated heterocycles. The van der Waals surface area contributed by atoms with Crippen LogP contribution in [0.15, 0.2) is 24.3 Å². The Kier molecular flexibility index (Phi) is 3.90. The highest BCUT2D eigenvalue weighted by Gasteiger charge is 2.23. The summed E-state index contributed by atoms with van der Waals surface area (Å²) in [5, 5.41) is 0. The summed E-state index contributed by atoms with van der Waals surface area (Å²) in [7, 11) is 1.91. The molecule has 0 aromatic heterocycles. The predicted molar refractivity (Wildman–Crippen MR) is 74.9 cm³/mol. The average molecular weight is 246 g/mol. The van der Waals surface area contributed by atoms with Crippen molar-refractivity contribution in [3.05, 3.63) is 29.8 Å². The van der Waals surface area contributed by atoms with Gasteiger partial charge in [0.2, 0.25) is 5.91 Å². The Balaban J connectivity index is 1.96. The monoisotopic (exact) mass is 246 g/mol. The van der Waals surface area contributed by atoms with Crippen molar-refractivity contribution in [3.63, 3.8) is 0 Å². The van der Waals surface area contributed by atoms with Crippen LogP contribution in [-0.2, 0) is 4.79 Å². The van der Waals surface area contributed by atoms with Gasteiger partial charge in [0.1, 0.15) is 0 Å². The van der Waals surface area contributed by atoms with Crippen LogP contribution in [0.4, 0.5) is 5.69 Å². The molecule has 2 rings (SSSR count). The summed E-state index contributed by atoms with van der Waals surface area (Å²) in [5.74, 6) is 0.170. The zero-order valence-electron chi connectivity index (χ0n) is 11.5. The summed E-state index contributed by atoms with van der Waals surface area (Å²) >= 11 is 0. The first-order valence-electron chi connectivity index (χ1n) is 6.63. The number of anilines is 1. The second kappa shape index (κ2) is 5.42. The number of benzene rings is 1. The minimum absolute atomic E-state index is 0.170. The third-order valence-electron chi connectivity index (χ3n) is 3.88. The van der Waals surface area contributed by atoms with E-state index < -0.39 is 0 Å². The molecule has 1 aromatic carbocycles. The molecule has 0 radical (unpaired) electrons. The van der Waals surface area contributed by atoms with Crippen molar-refractivity contribution >= 4 is 11.6 Å². The first-order valence-corrected chi connectivity index (χ1v) is 6.63. The molecule has 0 bridgehead atoms. The Morgan fingerprint density at radius 1 is 1.33 bits per heavy atom. The van der Waals surface area contributed by atoms with Crippen LogP contribution in [-0.4, -0.2) is 37.0 Å². The van der Waals surface area contributed by atoms with E-state index in [0.29, 0.717) is 6.04 Å². The van der Waals surface area contributed by atoms with Crippen molar-refractivity contribution in [2.75, 3.05) is 25.0 Å². The molecule has 1 aromatic rings. The van der Waals surface area contributed by atoms with Gasteiger partial charge in [-0.2, -0.15) is 0 Å². The quantitative estimate of drug-likeness (QED) is 0.800. The van der Waals surface area contributed by atoms with E-state index in [1.807, 2.05) is 11.9 Å². The average Bonchev–Trinajstić information content (AvgIpc) is 2.38.